The maximum atomic E-state index is 13.4. The van der Waals surface area contributed by atoms with Crippen molar-refractivity contribution < 1.29 is 38.2 Å². The number of aliphatic hydroxyl groups is 1. The van der Waals surface area contributed by atoms with Gasteiger partial charge in [0.1, 0.15) is 12.4 Å². The van der Waals surface area contributed by atoms with Crippen LogP contribution in [0.2, 0.25) is 18.1 Å². The molecule has 0 saturated carbocycles. The van der Waals surface area contributed by atoms with E-state index < -0.39 is 44.5 Å². The molecule has 1 saturated heterocycles. The topological polar surface area (TPSA) is 123 Å². The first-order valence-corrected chi connectivity index (χ1v) is 15.5. The van der Waals surface area contributed by atoms with Crippen molar-refractivity contribution in [1.82, 2.24) is 4.90 Å². The number of likely N-dealkylation sites (N-methyl/N-ethyl adjacent to an activating group) is 1. The molecule has 1 fully saturated rings. The molecule has 2 amide bonds. The molecule has 2 heterocycles. The highest BCUT2D eigenvalue weighted by atomic mass is 28.4. The van der Waals surface area contributed by atoms with Crippen molar-refractivity contribution in [2.75, 3.05) is 25.2 Å². The lowest BCUT2D eigenvalue weighted by atomic mass is 9.79. The quantitative estimate of drug-likeness (QED) is 0.156. The number of rotatable bonds is 10. The molecule has 4 atom stereocenters. The molecule has 0 bridgehead atoms. The normalized spacial score (nSPS) is 21.2. The Hall–Kier alpha value is -3.02. The number of benzene rings is 1. The summed E-state index contributed by atoms with van der Waals surface area (Å²) in [7, 11) is -0.665. The molecular weight excluding hydrogens is 508 g/mol. The Balaban J connectivity index is 1.88. The minimum absolute atomic E-state index is 0.0798. The molecule has 10 nitrogen and oxygen atoms in total. The lowest BCUT2D eigenvalue weighted by molar-refractivity contribution is -0.195. The van der Waals surface area contributed by atoms with Crippen LogP contribution in [0.3, 0.4) is 0 Å². The molecule has 2 aliphatic heterocycles. The third kappa shape index (κ3) is 5.69. The second kappa shape index (κ2) is 11.0. The van der Waals surface area contributed by atoms with Gasteiger partial charge < -0.3 is 28.8 Å². The maximum absolute atomic E-state index is 13.4. The van der Waals surface area contributed by atoms with Crippen LogP contribution in [0.15, 0.2) is 30.9 Å². The van der Waals surface area contributed by atoms with Gasteiger partial charge in [-0.05, 0) is 43.3 Å². The second-order valence-corrected chi connectivity index (χ2v) is 16.0. The molecule has 0 spiro atoms. The Morgan fingerprint density at radius 2 is 1.95 bits per heavy atom. The van der Waals surface area contributed by atoms with E-state index in [0.29, 0.717) is 17.0 Å². The number of carbonyl (C=O) groups excluding carboxylic acids is 4. The first-order valence-electron chi connectivity index (χ1n) is 12.6. The molecule has 0 radical (unpaired) electrons. The van der Waals surface area contributed by atoms with E-state index in [9.17, 15) is 24.3 Å². The van der Waals surface area contributed by atoms with E-state index in [-0.39, 0.29) is 36.4 Å². The maximum Gasteiger partial charge on any atom is 0.356 e. The average Bonchev–Trinajstić information content (AvgIpc) is 2.83. The van der Waals surface area contributed by atoms with Crippen LogP contribution < -0.4 is 9.64 Å². The number of amides is 2. The number of hydrogen-bond donors (Lipinski definition) is 1. The van der Waals surface area contributed by atoms with Gasteiger partial charge in [0.2, 0.25) is 12.1 Å². The van der Waals surface area contributed by atoms with Crippen LogP contribution in [-0.4, -0.2) is 80.5 Å². The minimum atomic E-state index is -2.27. The number of aliphatic hydroxyl groups excluding tert-OH is 1. The molecule has 2 aliphatic rings. The lowest BCUT2D eigenvalue weighted by Gasteiger charge is -2.52. The van der Waals surface area contributed by atoms with Crippen molar-refractivity contribution in [3.8, 4) is 5.75 Å². The Morgan fingerprint density at radius 1 is 1.29 bits per heavy atom. The van der Waals surface area contributed by atoms with Gasteiger partial charge in [-0.1, -0.05) is 33.4 Å². The fraction of sp³-hybridized carbons (Fsp3) is 0.556. The number of hydrogen-bond acceptors (Lipinski definition) is 8. The van der Waals surface area contributed by atoms with Crippen molar-refractivity contribution in [3.63, 3.8) is 0 Å². The number of anilines is 1. The summed E-state index contributed by atoms with van der Waals surface area (Å²) in [6.07, 6.45) is -1.22. The highest BCUT2D eigenvalue weighted by Crippen LogP contribution is 2.42. The Kier molecular flexibility index (Phi) is 8.54. The number of nitrogens with zero attached hydrogens (tertiary/aromatic N) is 2. The van der Waals surface area contributed by atoms with Crippen LogP contribution in [0.4, 0.5) is 5.69 Å². The summed E-state index contributed by atoms with van der Waals surface area (Å²) in [5.74, 6) is -2.30. The summed E-state index contributed by atoms with van der Waals surface area (Å²) in [6.45, 7) is 15.5. The molecule has 1 unspecified atom stereocenters. The number of likely N-dealkylation sites (tertiary alicyclic amines) is 1. The molecule has 1 aromatic carbocycles. The van der Waals surface area contributed by atoms with E-state index in [0.717, 1.165) is 4.90 Å². The molecule has 1 N–H and O–H groups in total. The molecule has 208 valence electrons. The standard InChI is InChI=1S/C27H38N2O8Si/c1-9-12-35-26(34)25(33)29-19(23(24(29)32)16(2)37-38(7,8)27(3,4)5)14-20(30)17-10-11-21-18(13-17)28(6)22(31)15-36-21/h9-11,13,16,19,23,25,33H,1,12,14-15H2,2-8H3/t16-,19+,23+,25?/m0/s1. The van der Waals surface area contributed by atoms with Gasteiger partial charge in [-0.2, -0.15) is 0 Å². The number of ether oxygens (including phenoxy) is 2. The summed E-state index contributed by atoms with van der Waals surface area (Å²) in [5.41, 5.74) is 0.779. The van der Waals surface area contributed by atoms with E-state index in [4.69, 9.17) is 13.9 Å². The summed E-state index contributed by atoms with van der Waals surface area (Å²) >= 11 is 0. The largest absolute Gasteiger partial charge is 0.482 e. The van der Waals surface area contributed by atoms with E-state index in [1.807, 2.05) is 0 Å². The predicted molar refractivity (Wildman–Crippen MR) is 143 cm³/mol. The van der Waals surface area contributed by atoms with Crippen LogP contribution in [0.5, 0.6) is 5.75 Å². The van der Waals surface area contributed by atoms with Gasteiger partial charge >= 0.3 is 5.97 Å². The van der Waals surface area contributed by atoms with Gasteiger partial charge in [0, 0.05) is 19.0 Å². The summed E-state index contributed by atoms with van der Waals surface area (Å²) in [4.78, 5) is 53.5. The van der Waals surface area contributed by atoms with Crippen LogP contribution in [0.25, 0.3) is 0 Å². The van der Waals surface area contributed by atoms with Gasteiger partial charge in [0.15, 0.2) is 20.7 Å². The van der Waals surface area contributed by atoms with Gasteiger partial charge in [-0.15, -0.1) is 0 Å². The SMILES string of the molecule is C=CCOC(=O)C(O)N1C(=O)[C@H]([C@H](C)O[Si](C)(C)C(C)(C)C)[C@H]1CC(=O)c1ccc2c(c1)N(C)C(=O)CO2. The molecule has 11 heteroatoms. The fourth-order valence-electron chi connectivity index (χ4n) is 4.43. The Labute approximate surface area is 224 Å². The minimum Gasteiger partial charge on any atom is -0.482 e. The number of β-lactam (4-membered cyclic amide) rings is 1. The van der Waals surface area contributed by atoms with E-state index in [2.05, 4.69) is 40.4 Å². The third-order valence-corrected chi connectivity index (χ3v) is 12.3. The van der Waals surface area contributed by atoms with Crippen molar-refractivity contribution in [2.45, 2.75) is 70.6 Å². The van der Waals surface area contributed by atoms with Gasteiger partial charge in [0.25, 0.3) is 5.91 Å². The van der Waals surface area contributed by atoms with Gasteiger partial charge in [0.05, 0.1) is 23.8 Å². The zero-order chi connectivity index (χ0) is 28.6. The highest BCUT2D eigenvalue weighted by Gasteiger charge is 2.56. The molecule has 3 rings (SSSR count). The average molecular weight is 547 g/mol. The second-order valence-electron chi connectivity index (χ2n) is 11.3. The summed E-state index contributed by atoms with van der Waals surface area (Å²) < 4.78 is 16.8. The van der Waals surface area contributed by atoms with Crippen LogP contribution in [0, 0.1) is 5.92 Å². The zero-order valence-electron chi connectivity index (χ0n) is 23.1. The van der Waals surface area contributed by atoms with Crippen LogP contribution in [0.1, 0.15) is 44.5 Å². The number of Topliss-reactive ketones (excluding diaryl/α,β-unsaturated/α-hetero) is 1. The molecular formula is C27H38N2O8Si. The lowest BCUT2D eigenvalue weighted by Crippen LogP contribution is -2.70. The Morgan fingerprint density at radius 3 is 2.55 bits per heavy atom. The first-order chi connectivity index (χ1) is 17.6. The number of ketones is 1. The van der Waals surface area contributed by atoms with Gasteiger partial charge in [-0.3, -0.25) is 14.4 Å². The molecule has 0 aliphatic carbocycles. The monoisotopic (exact) mass is 546 g/mol. The van der Waals surface area contributed by atoms with Crippen molar-refractivity contribution in [2.24, 2.45) is 5.92 Å². The summed E-state index contributed by atoms with van der Waals surface area (Å²) in [5, 5.41) is 10.6. The molecule has 1 aromatic rings. The Bertz CT molecular complexity index is 1130. The molecule has 0 aromatic heterocycles. The zero-order valence-corrected chi connectivity index (χ0v) is 24.1. The van der Waals surface area contributed by atoms with Crippen molar-refractivity contribution >= 4 is 37.6 Å². The van der Waals surface area contributed by atoms with E-state index in [1.165, 1.54) is 11.0 Å². The van der Waals surface area contributed by atoms with Crippen molar-refractivity contribution in [3.05, 3.63) is 36.4 Å². The smallest absolute Gasteiger partial charge is 0.356 e. The summed E-state index contributed by atoms with van der Waals surface area (Å²) in [6, 6.07) is 3.98. The highest BCUT2D eigenvalue weighted by molar-refractivity contribution is 6.74. The molecule has 38 heavy (non-hydrogen) atoms. The first kappa shape index (κ1) is 29.5. The van der Waals surface area contributed by atoms with Crippen LogP contribution >= 0.6 is 0 Å². The van der Waals surface area contributed by atoms with E-state index >= 15 is 0 Å². The number of carbonyl (C=O) groups is 4. The predicted octanol–water partition coefficient (Wildman–Crippen LogP) is 2.90. The van der Waals surface area contributed by atoms with Crippen molar-refractivity contribution in [1.29, 1.82) is 0 Å². The fourth-order valence-corrected chi connectivity index (χ4v) is 5.86. The number of esters is 1. The third-order valence-electron chi connectivity index (χ3n) is 7.68. The van der Waals surface area contributed by atoms with E-state index in [1.54, 1.807) is 32.2 Å². The number of fused-ring (bicyclic) bond motifs is 1. The van der Waals surface area contributed by atoms with Crippen LogP contribution in [-0.2, 0) is 23.5 Å². The van der Waals surface area contributed by atoms with Gasteiger partial charge in [-0.25, -0.2) is 4.79 Å².